The van der Waals surface area contributed by atoms with Gasteiger partial charge in [0, 0.05) is 57.7 Å². The number of anilines is 1. The third-order valence-electron chi connectivity index (χ3n) is 4.23. The fraction of sp³-hybridized carbons (Fsp3) is 0.706. The Labute approximate surface area is 145 Å². The average molecular weight is 333 g/mol. The van der Waals surface area contributed by atoms with Crippen molar-refractivity contribution in [2.75, 3.05) is 50.7 Å². The number of guanidine groups is 1. The highest BCUT2D eigenvalue weighted by Crippen LogP contribution is 2.09. The summed E-state index contributed by atoms with van der Waals surface area (Å²) in [6.07, 6.45) is 4.69. The maximum atomic E-state index is 4.69. The van der Waals surface area contributed by atoms with Crippen molar-refractivity contribution in [3.63, 3.8) is 0 Å². The standard InChI is InChI=1S/C17H31N7/c1-4-15(3)22-16(18-5-2)19-9-10-23-11-13-24(14-12-23)17-20-7-6-8-21-17/h6-8,15H,4-5,9-14H2,1-3H3,(H2,18,19,22). The number of rotatable bonds is 7. The molecule has 0 saturated carbocycles. The van der Waals surface area contributed by atoms with Gasteiger partial charge in [0.05, 0.1) is 6.54 Å². The zero-order valence-electron chi connectivity index (χ0n) is 15.2. The van der Waals surface area contributed by atoms with Crippen LogP contribution in [0.3, 0.4) is 0 Å². The molecule has 1 saturated heterocycles. The van der Waals surface area contributed by atoms with E-state index in [9.17, 15) is 0 Å². The summed E-state index contributed by atoms with van der Waals surface area (Å²) in [5.41, 5.74) is 0. The Hall–Kier alpha value is -1.89. The van der Waals surface area contributed by atoms with E-state index in [1.165, 1.54) is 0 Å². The van der Waals surface area contributed by atoms with Crippen LogP contribution in [0.2, 0.25) is 0 Å². The molecule has 1 aromatic rings. The van der Waals surface area contributed by atoms with Gasteiger partial charge in [-0.05, 0) is 26.3 Å². The van der Waals surface area contributed by atoms with Crippen LogP contribution in [0.4, 0.5) is 5.95 Å². The van der Waals surface area contributed by atoms with E-state index in [4.69, 9.17) is 0 Å². The van der Waals surface area contributed by atoms with Gasteiger partial charge in [0.1, 0.15) is 0 Å². The average Bonchev–Trinajstić information content (AvgIpc) is 2.63. The highest BCUT2D eigenvalue weighted by Gasteiger charge is 2.18. The molecule has 24 heavy (non-hydrogen) atoms. The van der Waals surface area contributed by atoms with Crippen LogP contribution < -0.4 is 15.5 Å². The lowest BCUT2D eigenvalue weighted by Gasteiger charge is -2.34. The Morgan fingerprint density at radius 3 is 2.54 bits per heavy atom. The molecule has 1 fully saturated rings. The summed E-state index contributed by atoms with van der Waals surface area (Å²) in [6, 6.07) is 2.30. The molecule has 1 aliphatic rings. The molecule has 0 aromatic carbocycles. The molecule has 0 amide bonds. The van der Waals surface area contributed by atoms with E-state index in [2.05, 4.69) is 56.2 Å². The minimum atomic E-state index is 0.442. The molecular formula is C17H31N7. The van der Waals surface area contributed by atoms with E-state index < -0.39 is 0 Å². The van der Waals surface area contributed by atoms with Crippen LogP contribution in [-0.4, -0.2) is 72.7 Å². The molecule has 1 atom stereocenters. The van der Waals surface area contributed by atoms with E-state index in [1.54, 1.807) is 12.4 Å². The molecular weight excluding hydrogens is 302 g/mol. The lowest BCUT2D eigenvalue weighted by atomic mass is 10.3. The van der Waals surface area contributed by atoms with Crippen LogP contribution in [0.1, 0.15) is 27.2 Å². The van der Waals surface area contributed by atoms with Gasteiger partial charge in [-0.15, -0.1) is 0 Å². The van der Waals surface area contributed by atoms with Crippen LogP contribution in [0.5, 0.6) is 0 Å². The summed E-state index contributed by atoms with van der Waals surface area (Å²) < 4.78 is 0. The lowest BCUT2D eigenvalue weighted by molar-refractivity contribution is 0.263. The monoisotopic (exact) mass is 333 g/mol. The van der Waals surface area contributed by atoms with E-state index in [0.717, 1.165) is 64.1 Å². The van der Waals surface area contributed by atoms with Crippen molar-refractivity contribution in [2.45, 2.75) is 33.2 Å². The first-order chi connectivity index (χ1) is 11.7. The SMILES string of the molecule is CCNC(=NCCN1CCN(c2ncccn2)CC1)NC(C)CC. The first kappa shape index (κ1) is 18.4. The van der Waals surface area contributed by atoms with Gasteiger partial charge in [0.15, 0.2) is 5.96 Å². The van der Waals surface area contributed by atoms with Crippen molar-refractivity contribution in [3.8, 4) is 0 Å². The molecule has 7 heteroatoms. The smallest absolute Gasteiger partial charge is 0.225 e. The molecule has 2 rings (SSSR count). The van der Waals surface area contributed by atoms with Crippen molar-refractivity contribution in [1.82, 2.24) is 25.5 Å². The molecule has 1 aromatic heterocycles. The normalized spacial score (nSPS) is 17.6. The van der Waals surface area contributed by atoms with Crippen LogP contribution >= 0.6 is 0 Å². The van der Waals surface area contributed by atoms with E-state index in [-0.39, 0.29) is 0 Å². The summed E-state index contributed by atoms with van der Waals surface area (Å²) in [7, 11) is 0. The molecule has 2 N–H and O–H groups in total. The van der Waals surface area contributed by atoms with Gasteiger partial charge >= 0.3 is 0 Å². The summed E-state index contributed by atoms with van der Waals surface area (Å²) in [6.45, 7) is 13.1. The number of aromatic nitrogens is 2. The number of nitrogens with one attached hydrogen (secondary N) is 2. The third-order valence-corrected chi connectivity index (χ3v) is 4.23. The summed E-state index contributed by atoms with van der Waals surface area (Å²) >= 11 is 0. The predicted octanol–water partition coefficient (Wildman–Crippen LogP) is 0.952. The Morgan fingerprint density at radius 1 is 1.21 bits per heavy atom. The Bertz CT molecular complexity index is 483. The van der Waals surface area contributed by atoms with E-state index >= 15 is 0 Å². The van der Waals surface area contributed by atoms with Crippen molar-refractivity contribution >= 4 is 11.9 Å². The predicted molar refractivity (Wildman–Crippen MR) is 99.6 cm³/mol. The number of nitrogens with zero attached hydrogens (tertiary/aromatic N) is 5. The second-order valence-electron chi connectivity index (χ2n) is 6.09. The van der Waals surface area contributed by atoms with Gasteiger partial charge in [-0.2, -0.15) is 0 Å². The highest BCUT2D eigenvalue weighted by atomic mass is 15.3. The fourth-order valence-electron chi connectivity index (χ4n) is 2.58. The van der Waals surface area contributed by atoms with Crippen LogP contribution in [0.25, 0.3) is 0 Å². The zero-order valence-corrected chi connectivity index (χ0v) is 15.2. The molecule has 0 spiro atoms. The molecule has 0 aliphatic carbocycles. The lowest BCUT2D eigenvalue weighted by Crippen LogP contribution is -2.48. The van der Waals surface area contributed by atoms with Crippen molar-refractivity contribution in [1.29, 1.82) is 0 Å². The molecule has 7 nitrogen and oxygen atoms in total. The summed E-state index contributed by atoms with van der Waals surface area (Å²) in [5.74, 6) is 1.76. The van der Waals surface area contributed by atoms with Gasteiger partial charge in [-0.3, -0.25) is 9.89 Å². The second-order valence-corrected chi connectivity index (χ2v) is 6.09. The van der Waals surface area contributed by atoms with Crippen molar-refractivity contribution in [2.24, 2.45) is 4.99 Å². The maximum absolute atomic E-state index is 4.69. The Morgan fingerprint density at radius 2 is 1.92 bits per heavy atom. The van der Waals surface area contributed by atoms with Crippen LogP contribution in [0.15, 0.2) is 23.5 Å². The minimum Gasteiger partial charge on any atom is -0.357 e. The van der Waals surface area contributed by atoms with E-state index in [0.29, 0.717) is 6.04 Å². The summed E-state index contributed by atoms with van der Waals surface area (Å²) in [5, 5.41) is 6.74. The molecule has 2 heterocycles. The van der Waals surface area contributed by atoms with Gasteiger partial charge in [-0.25, -0.2) is 9.97 Å². The quantitative estimate of drug-likeness (QED) is 0.572. The fourth-order valence-corrected chi connectivity index (χ4v) is 2.58. The minimum absolute atomic E-state index is 0.442. The zero-order chi connectivity index (χ0) is 17.2. The number of aliphatic imine (C=N–C) groups is 1. The molecule has 0 bridgehead atoms. The van der Waals surface area contributed by atoms with Crippen molar-refractivity contribution < 1.29 is 0 Å². The highest BCUT2D eigenvalue weighted by molar-refractivity contribution is 5.80. The first-order valence-electron chi connectivity index (χ1n) is 9.02. The summed E-state index contributed by atoms with van der Waals surface area (Å²) in [4.78, 5) is 18.0. The first-order valence-corrected chi connectivity index (χ1v) is 9.02. The van der Waals surface area contributed by atoms with Gasteiger partial charge in [-0.1, -0.05) is 6.92 Å². The van der Waals surface area contributed by atoms with Gasteiger partial charge in [0.25, 0.3) is 0 Å². The molecule has 1 unspecified atom stereocenters. The molecule has 0 radical (unpaired) electrons. The molecule has 1 aliphatic heterocycles. The molecule has 134 valence electrons. The van der Waals surface area contributed by atoms with E-state index in [1.807, 2.05) is 6.07 Å². The largest absolute Gasteiger partial charge is 0.357 e. The number of hydrogen-bond acceptors (Lipinski definition) is 5. The van der Waals surface area contributed by atoms with Crippen LogP contribution in [-0.2, 0) is 0 Å². The van der Waals surface area contributed by atoms with Gasteiger partial charge < -0.3 is 15.5 Å². The third kappa shape index (κ3) is 5.96. The Kier molecular flexibility index (Phi) is 7.74. The second kappa shape index (κ2) is 10.1. The van der Waals surface area contributed by atoms with Gasteiger partial charge in [0.2, 0.25) is 5.95 Å². The van der Waals surface area contributed by atoms with Crippen molar-refractivity contribution in [3.05, 3.63) is 18.5 Å². The topological polar surface area (TPSA) is 68.7 Å². The maximum Gasteiger partial charge on any atom is 0.225 e. The van der Waals surface area contributed by atoms with Crippen LogP contribution in [0, 0.1) is 0 Å². The number of hydrogen-bond donors (Lipinski definition) is 2. The Balaban J connectivity index is 1.74. The number of piperazine rings is 1.